The minimum absolute atomic E-state index is 0.322. The lowest BCUT2D eigenvalue weighted by Crippen LogP contribution is -2.12. The van der Waals surface area contributed by atoms with E-state index in [4.69, 9.17) is 16.7 Å². The summed E-state index contributed by atoms with van der Waals surface area (Å²) in [5, 5.41) is 11.8. The average molecular weight is 303 g/mol. The highest BCUT2D eigenvalue weighted by atomic mass is 35.5. The molecule has 0 fully saturated rings. The number of aliphatic carboxylic acids is 1. The molecule has 5 nitrogen and oxygen atoms in total. The molecular formula is C15H11ClN2O3. The third-order valence-electron chi connectivity index (χ3n) is 2.52. The molecule has 0 bridgehead atoms. The summed E-state index contributed by atoms with van der Waals surface area (Å²) >= 11 is 5.84. The van der Waals surface area contributed by atoms with Crippen molar-refractivity contribution in [1.29, 1.82) is 0 Å². The number of rotatable bonds is 4. The predicted molar refractivity (Wildman–Crippen MR) is 80.3 cm³/mol. The molecule has 0 radical (unpaired) electrons. The zero-order valence-electron chi connectivity index (χ0n) is 10.8. The van der Waals surface area contributed by atoms with Gasteiger partial charge in [-0.1, -0.05) is 17.7 Å². The van der Waals surface area contributed by atoms with Crippen molar-refractivity contribution < 1.29 is 14.7 Å². The summed E-state index contributed by atoms with van der Waals surface area (Å²) in [6, 6.07) is 8.32. The van der Waals surface area contributed by atoms with Gasteiger partial charge in [0.15, 0.2) is 0 Å². The number of halogens is 1. The third kappa shape index (κ3) is 4.43. The average Bonchev–Trinajstić information content (AvgIpc) is 2.45. The number of benzene rings is 1. The van der Waals surface area contributed by atoms with Crippen molar-refractivity contribution in [3.8, 4) is 0 Å². The standard InChI is InChI=1S/C15H11ClN2O3/c16-12-2-1-3-13(7-12)18-15(21)11-6-10(8-17-9-11)4-5-14(19)20/h1-9H,(H,18,21)(H,19,20). The first-order chi connectivity index (χ1) is 10.0. The van der Waals surface area contributed by atoms with Crippen LogP contribution in [0, 0.1) is 0 Å². The summed E-state index contributed by atoms with van der Waals surface area (Å²) in [5.74, 6) is -1.42. The lowest BCUT2D eigenvalue weighted by atomic mass is 10.2. The lowest BCUT2D eigenvalue weighted by Gasteiger charge is -2.05. The number of carboxylic acid groups (broad SMARTS) is 1. The molecule has 6 heteroatoms. The smallest absolute Gasteiger partial charge is 0.328 e. The van der Waals surface area contributed by atoms with Crippen molar-refractivity contribution in [2.24, 2.45) is 0 Å². The molecule has 1 heterocycles. The predicted octanol–water partition coefficient (Wildman–Crippen LogP) is 3.09. The first-order valence-electron chi connectivity index (χ1n) is 5.97. The number of nitrogens with one attached hydrogen (secondary N) is 1. The van der Waals surface area contributed by atoms with Crippen molar-refractivity contribution >= 4 is 35.2 Å². The summed E-state index contributed by atoms with van der Waals surface area (Å²) in [7, 11) is 0. The quantitative estimate of drug-likeness (QED) is 0.851. The van der Waals surface area contributed by atoms with Crippen molar-refractivity contribution in [2.45, 2.75) is 0 Å². The molecule has 2 rings (SSSR count). The Balaban J connectivity index is 2.16. The highest BCUT2D eigenvalue weighted by Gasteiger charge is 2.07. The van der Waals surface area contributed by atoms with E-state index in [1.807, 2.05) is 0 Å². The molecule has 0 atom stereocenters. The number of carbonyl (C=O) groups is 2. The first-order valence-corrected chi connectivity index (χ1v) is 6.35. The molecule has 106 valence electrons. The Hall–Kier alpha value is -2.66. The number of hydrogen-bond acceptors (Lipinski definition) is 3. The van der Waals surface area contributed by atoms with Crippen LogP contribution in [0.2, 0.25) is 5.02 Å². The Morgan fingerprint density at radius 2 is 2.05 bits per heavy atom. The van der Waals surface area contributed by atoms with Crippen LogP contribution in [0.15, 0.2) is 48.8 Å². The van der Waals surface area contributed by atoms with E-state index in [9.17, 15) is 9.59 Å². The summed E-state index contributed by atoms with van der Waals surface area (Å²) in [6.07, 6.45) is 5.22. The second-order valence-electron chi connectivity index (χ2n) is 4.14. The minimum Gasteiger partial charge on any atom is -0.478 e. The van der Waals surface area contributed by atoms with Crippen LogP contribution < -0.4 is 5.32 Å². The van der Waals surface area contributed by atoms with Crippen LogP contribution in [0.1, 0.15) is 15.9 Å². The maximum atomic E-state index is 12.1. The topological polar surface area (TPSA) is 79.3 Å². The molecule has 1 amide bonds. The molecule has 0 saturated heterocycles. The molecule has 1 aromatic heterocycles. The second kappa shape index (κ2) is 6.67. The number of carbonyl (C=O) groups excluding carboxylic acids is 1. The summed E-state index contributed by atoms with van der Waals surface area (Å²) in [5.41, 5.74) is 1.41. The van der Waals surface area contributed by atoms with Gasteiger partial charge in [0.1, 0.15) is 0 Å². The number of hydrogen-bond donors (Lipinski definition) is 2. The molecular weight excluding hydrogens is 292 g/mol. The van der Waals surface area contributed by atoms with Crippen LogP contribution in [-0.2, 0) is 4.79 Å². The van der Waals surface area contributed by atoms with Crippen molar-refractivity contribution in [2.75, 3.05) is 5.32 Å². The van der Waals surface area contributed by atoms with Gasteiger partial charge in [-0.15, -0.1) is 0 Å². The van der Waals surface area contributed by atoms with Crippen LogP contribution in [0.3, 0.4) is 0 Å². The van der Waals surface area contributed by atoms with E-state index in [2.05, 4.69) is 10.3 Å². The van der Waals surface area contributed by atoms with E-state index in [0.717, 1.165) is 6.08 Å². The van der Waals surface area contributed by atoms with Crippen molar-refractivity contribution in [1.82, 2.24) is 4.98 Å². The largest absolute Gasteiger partial charge is 0.478 e. The van der Waals surface area contributed by atoms with Crippen molar-refractivity contribution in [3.05, 3.63) is 65.0 Å². The van der Waals surface area contributed by atoms with Crippen LogP contribution >= 0.6 is 11.6 Å². The third-order valence-corrected chi connectivity index (χ3v) is 2.76. The molecule has 1 aromatic carbocycles. The number of anilines is 1. The molecule has 0 aliphatic heterocycles. The van der Waals surface area contributed by atoms with Gasteiger partial charge in [-0.05, 0) is 35.9 Å². The molecule has 0 saturated carbocycles. The van der Waals surface area contributed by atoms with Gasteiger partial charge in [-0.2, -0.15) is 0 Å². The zero-order valence-corrected chi connectivity index (χ0v) is 11.5. The number of carboxylic acids is 1. The Morgan fingerprint density at radius 3 is 2.76 bits per heavy atom. The normalized spacial score (nSPS) is 10.5. The summed E-state index contributed by atoms with van der Waals surface area (Å²) in [6.45, 7) is 0. The first kappa shape index (κ1) is 14.7. The maximum absolute atomic E-state index is 12.1. The molecule has 0 aliphatic rings. The summed E-state index contributed by atoms with van der Waals surface area (Å²) in [4.78, 5) is 26.5. The van der Waals surface area contributed by atoms with Gasteiger partial charge in [0.05, 0.1) is 5.56 Å². The highest BCUT2D eigenvalue weighted by Crippen LogP contribution is 2.16. The summed E-state index contributed by atoms with van der Waals surface area (Å²) < 4.78 is 0. The monoisotopic (exact) mass is 302 g/mol. The van der Waals surface area contributed by atoms with Crippen molar-refractivity contribution in [3.63, 3.8) is 0 Å². The molecule has 2 aromatic rings. The Morgan fingerprint density at radius 1 is 1.24 bits per heavy atom. The molecule has 2 N–H and O–H groups in total. The van der Waals surface area contributed by atoms with Gasteiger partial charge in [0, 0.05) is 29.2 Å². The Kier molecular flexibility index (Phi) is 4.68. The van der Waals surface area contributed by atoms with Gasteiger partial charge in [0.25, 0.3) is 5.91 Å². The van der Waals surface area contributed by atoms with E-state index in [-0.39, 0.29) is 5.91 Å². The number of pyridine rings is 1. The minimum atomic E-state index is -1.07. The molecule has 0 unspecified atom stereocenters. The van der Waals surface area contributed by atoms with Gasteiger partial charge in [-0.3, -0.25) is 9.78 Å². The molecule has 21 heavy (non-hydrogen) atoms. The van der Waals surface area contributed by atoms with E-state index < -0.39 is 5.97 Å². The van der Waals surface area contributed by atoms with E-state index >= 15 is 0 Å². The maximum Gasteiger partial charge on any atom is 0.328 e. The fourth-order valence-electron chi connectivity index (χ4n) is 1.61. The fourth-order valence-corrected chi connectivity index (χ4v) is 1.80. The van der Waals surface area contributed by atoms with Crippen LogP contribution in [0.4, 0.5) is 5.69 Å². The second-order valence-corrected chi connectivity index (χ2v) is 4.58. The van der Waals surface area contributed by atoms with E-state index in [1.165, 1.54) is 18.5 Å². The molecule has 0 spiro atoms. The fraction of sp³-hybridized carbons (Fsp3) is 0. The van der Waals surface area contributed by atoms with Crippen LogP contribution in [0.25, 0.3) is 6.08 Å². The Bertz CT molecular complexity index is 714. The van der Waals surface area contributed by atoms with Gasteiger partial charge in [-0.25, -0.2) is 4.79 Å². The van der Waals surface area contributed by atoms with Gasteiger partial charge >= 0.3 is 5.97 Å². The van der Waals surface area contributed by atoms with E-state index in [1.54, 1.807) is 30.3 Å². The van der Waals surface area contributed by atoms with Gasteiger partial charge < -0.3 is 10.4 Å². The molecule has 0 aliphatic carbocycles. The van der Waals surface area contributed by atoms with Gasteiger partial charge in [0.2, 0.25) is 0 Å². The zero-order chi connectivity index (χ0) is 15.2. The number of amides is 1. The number of aromatic nitrogens is 1. The van der Waals surface area contributed by atoms with Crippen LogP contribution in [0.5, 0.6) is 0 Å². The highest BCUT2D eigenvalue weighted by molar-refractivity contribution is 6.30. The Labute approximate surface area is 125 Å². The van der Waals surface area contributed by atoms with E-state index in [0.29, 0.717) is 21.8 Å². The SMILES string of the molecule is O=C(O)C=Cc1cncc(C(=O)Nc2cccc(Cl)c2)c1. The number of nitrogens with zero attached hydrogens (tertiary/aromatic N) is 1. The lowest BCUT2D eigenvalue weighted by molar-refractivity contribution is -0.131. The van der Waals surface area contributed by atoms with Crippen LogP contribution in [-0.4, -0.2) is 22.0 Å².